The molecule has 0 unspecified atom stereocenters. The molecular formula is C14H22N4O3. The van der Waals surface area contributed by atoms with E-state index in [1.54, 1.807) is 0 Å². The highest BCUT2D eigenvalue weighted by Crippen LogP contribution is 2.13. The van der Waals surface area contributed by atoms with Gasteiger partial charge >= 0.3 is 0 Å². The van der Waals surface area contributed by atoms with Crippen molar-refractivity contribution in [1.82, 2.24) is 15.3 Å². The summed E-state index contributed by atoms with van der Waals surface area (Å²) < 4.78 is 10.9. The van der Waals surface area contributed by atoms with E-state index >= 15 is 0 Å². The first-order valence-corrected chi connectivity index (χ1v) is 7.09. The van der Waals surface area contributed by atoms with Crippen molar-refractivity contribution in [2.24, 2.45) is 0 Å². The number of nitrogens with zero attached hydrogens (tertiary/aromatic N) is 2. The van der Waals surface area contributed by atoms with Crippen LogP contribution in [0.1, 0.15) is 23.9 Å². The molecule has 1 aromatic rings. The lowest BCUT2D eigenvalue weighted by Crippen LogP contribution is -2.44. The third kappa shape index (κ3) is 3.89. The van der Waals surface area contributed by atoms with E-state index in [4.69, 9.17) is 15.2 Å². The molecule has 7 heteroatoms. The number of carbonyl (C=O) groups excluding carboxylic acids is 1. The number of amides is 1. The standard InChI is InChI=1S/C14H22N4O3/c1-4-21-12-7-20-6-11(12)18-13(19)5-10-8(2)16-14(15)17-9(10)3/h11-12H,4-7H2,1-3H3,(H,18,19)(H2,15,16,17)/t11-,12-/m0/s1. The molecule has 2 rings (SSSR count). The average Bonchev–Trinajstić information content (AvgIpc) is 2.82. The third-order valence-corrected chi connectivity index (χ3v) is 3.53. The summed E-state index contributed by atoms with van der Waals surface area (Å²) in [6, 6.07) is -0.104. The molecule has 0 aliphatic carbocycles. The molecule has 1 aliphatic heterocycles. The quantitative estimate of drug-likeness (QED) is 0.801. The highest BCUT2D eigenvalue weighted by atomic mass is 16.5. The molecule has 21 heavy (non-hydrogen) atoms. The number of carbonyl (C=O) groups is 1. The zero-order chi connectivity index (χ0) is 15.4. The molecule has 0 saturated carbocycles. The van der Waals surface area contributed by atoms with Crippen LogP contribution in [0.15, 0.2) is 0 Å². The van der Waals surface area contributed by atoms with Gasteiger partial charge in [0.15, 0.2) is 0 Å². The summed E-state index contributed by atoms with van der Waals surface area (Å²) in [5.74, 6) is 0.143. The Kier molecular flexibility index (Phi) is 5.08. The molecule has 2 heterocycles. The second-order valence-corrected chi connectivity index (χ2v) is 5.11. The number of hydrogen-bond acceptors (Lipinski definition) is 6. The van der Waals surface area contributed by atoms with E-state index in [0.29, 0.717) is 19.8 Å². The Morgan fingerprint density at radius 1 is 1.38 bits per heavy atom. The van der Waals surface area contributed by atoms with Crippen molar-refractivity contribution in [2.75, 3.05) is 25.6 Å². The molecule has 1 fully saturated rings. The predicted octanol–water partition coefficient (Wildman–Crippen LogP) is 0.138. The van der Waals surface area contributed by atoms with Gasteiger partial charge in [-0.2, -0.15) is 0 Å². The zero-order valence-electron chi connectivity index (χ0n) is 12.7. The summed E-state index contributed by atoms with van der Waals surface area (Å²) in [5, 5.41) is 2.96. The fraction of sp³-hybridized carbons (Fsp3) is 0.643. The van der Waals surface area contributed by atoms with Crippen molar-refractivity contribution in [3.63, 3.8) is 0 Å². The highest BCUT2D eigenvalue weighted by molar-refractivity contribution is 5.79. The predicted molar refractivity (Wildman–Crippen MR) is 77.8 cm³/mol. The lowest BCUT2D eigenvalue weighted by Gasteiger charge is -2.19. The van der Waals surface area contributed by atoms with Gasteiger partial charge < -0.3 is 20.5 Å². The summed E-state index contributed by atoms with van der Waals surface area (Å²) in [5.41, 5.74) is 7.87. The molecule has 0 radical (unpaired) electrons. The van der Waals surface area contributed by atoms with Gasteiger partial charge in [0.1, 0.15) is 6.10 Å². The molecule has 0 aromatic carbocycles. The highest BCUT2D eigenvalue weighted by Gasteiger charge is 2.30. The zero-order valence-corrected chi connectivity index (χ0v) is 12.7. The minimum atomic E-state index is -0.104. The molecule has 2 atom stereocenters. The molecule has 7 nitrogen and oxygen atoms in total. The third-order valence-electron chi connectivity index (χ3n) is 3.53. The number of nitrogens with two attached hydrogens (primary N) is 1. The van der Waals surface area contributed by atoms with Crippen molar-refractivity contribution < 1.29 is 14.3 Å². The van der Waals surface area contributed by atoms with E-state index in [0.717, 1.165) is 17.0 Å². The number of aryl methyl sites for hydroxylation is 2. The number of aromatic nitrogens is 2. The van der Waals surface area contributed by atoms with E-state index in [9.17, 15) is 4.79 Å². The Morgan fingerprint density at radius 3 is 2.67 bits per heavy atom. The number of ether oxygens (including phenoxy) is 2. The molecule has 1 aliphatic rings. The van der Waals surface area contributed by atoms with Crippen LogP contribution in [0.25, 0.3) is 0 Å². The number of hydrogen-bond donors (Lipinski definition) is 2. The first-order valence-electron chi connectivity index (χ1n) is 7.09. The van der Waals surface area contributed by atoms with Crippen LogP contribution in [0.3, 0.4) is 0 Å². The van der Waals surface area contributed by atoms with Crippen LogP contribution in [0.5, 0.6) is 0 Å². The van der Waals surface area contributed by atoms with Gasteiger partial charge in [0, 0.05) is 23.6 Å². The maximum absolute atomic E-state index is 12.2. The van der Waals surface area contributed by atoms with Crippen LogP contribution in [0, 0.1) is 13.8 Å². The van der Waals surface area contributed by atoms with Crippen molar-refractivity contribution in [3.8, 4) is 0 Å². The van der Waals surface area contributed by atoms with Gasteiger partial charge in [0.05, 0.1) is 25.7 Å². The van der Waals surface area contributed by atoms with Gasteiger partial charge in [-0.25, -0.2) is 9.97 Å². The van der Waals surface area contributed by atoms with Crippen LogP contribution in [0.4, 0.5) is 5.95 Å². The fourth-order valence-corrected chi connectivity index (χ4v) is 2.49. The molecule has 0 spiro atoms. The Morgan fingerprint density at radius 2 is 2.05 bits per heavy atom. The van der Waals surface area contributed by atoms with E-state index in [-0.39, 0.29) is 30.4 Å². The van der Waals surface area contributed by atoms with Crippen molar-refractivity contribution in [3.05, 3.63) is 17.0 Å². The van der Waals surface area contributed by atoms with E-state index in [1.165, 1.54) is 0 Å². The van der Waals surface area contributed by atoms with Crippen LogP contribution >= 0.6 is 0 Å². The lowest BCUT2D eigenvalue weighted by molar-refractivity contribution is -0.122. The largest absolute Gasteiger partial charge is 0.376 e. The molecule has 3 N–H and O–H groups in total. The number of nitrogen functional groups attached to an aromatic ring is 1. The topological polar surface area (TPSA) is 99.4 Å². The van der Waals surface area contributed by atoms with Crippen LogP contribution in [-0.2, 0) is 20.7 Å². The van der Waals surface area contributed by atoms with E-state index in [1.807, 2.05) is 20.8 Å². The fourth-order valence-electron chi connectivity index (χ4n) is 2.49. The normalized spacial score (nSPS) is 21.5. The van der Waals surface area contributed by atoms with Crippen molar-refractivity contribution >= 4 is 11.9 Å². The number of rotatable bonds is 5. The number of anilines is 1. The van der Waals surface area contributed by atoms with Gasteiger partial charge in [-0.15, -0.1) is 0 Å². The molecular weight excluding hydrogens is 272 g/mol. The Bertz CT molecular complexity index is 498. The second-order valence-electron chi connectivity index (χ2n) is 5.11. The monoisotopic (exact) mass is 294 g/mol. The summed E-state index contributed by atoms with van der Waals surface area (Å²) >= 11 is 0. The molecule has 1 saturated heterocycles. The van der Waals surface area contributed by atoms with Crippen LogP contribution in [-0.4, -0.2) is 47.8 Å². The van der Waals surface area contributed by atoms with Gasteiger partial charge in [-0.05, 0) is 20.8 Å². The maximum atomic E-state index is 12.2. The Labute approximate surface area is 124 Å². The summed E-state index contributed by atoms with van der Waals surface area (Å²) in [7, 11) is 0. The maximum Gasteiger partial charge on any atom is 0.224 e. The minimum Gasteiger partial charge on any atom is -0.376 e. The SMILES string of the molecule is CCO[C@H]1COC[C@@H]1NC(=O)Cc1c(C)nc(N)nc1C. The number of nitrogens with one attached hydrogen (secondary N) is 1. The first-order chi connectivity index (χ1) is 10.0. The summed E-state index contributed by atoms with van der Waals surface area (Å²) in [6.07, 6.45) is 0.150. The second kappa shape index (κ2) is 6.82. The molecule has 116 valence electrons. The van der Waals surface area contributed by atoms with Crippen LogP contribution in [0.2, 0.25) is 0 Å². The van der Waals surface area contributed by atoms with Gasteiger partial charge in [0.25, 0.3) is 0 Å². The molecule has 1 aromatic heterocycles. The summed E-state index contributed by atoms with van der Waals surface area (Å²) in [4.78, 5) is 20.4. The summed E-state index contributed by atoms with van der Waals surface area (Å²) in [6.45, 7) is 7.18. The average molecular weight is 294 g/mol. The van der Waals surface area contributed by atoms with Gasteiger partial charge in [-0.1, -0.05) is 0 Å². The first kappa shape index (κ1) is 15.7. The molecule has 0 bridgehead atoms. The van der Waals surface area contributed by atoms with Gasteiger partial charge in [0.2, 0.25) is 11.9 Å². The van der Waals surface area contributed by atoms with Crippen molar-refractivity contribution in [2.45, 2.75) is 39.3 Å². The molecule has 1 amide bonds. The van der Waals surface area contributed by atoms with E-state index < -0.39 is 0 Å². The Hall–Kier alpha value is -1.73. The van der Waals surface area contributed by atoms with Gasteiger partial charge in [-0.3, -0.25) is 4.79 Å². The van der Waals surface area contributed by atoms with Crippen LogP contribution < -0.4 is 11.1 Å². The Balaban J connectivity index is 1.99. The smallest absolute Gasteiger partial charge is 0.224 e. The lowest BCUT2D eigenvalue weighted by atomic mass is 10.1. The van der Waals surface area contributed by atoms with Crippen molar-refractivity contribution in [1.29, 1.82) is 0 Å². The minimum absolute atomic E-state index is 0.0798. The van der Waals surface area contributed by atoms with E-state index in [2.05, 4.69) is 15.3 Å².